The smallest absolute Gasteiger partial charge is 0.243 e. The van der Waals surface area contributed by atoms with Gasteiger partial charge in [-0.05, 0) is 71.8 Å². The molecule has 5 nitrogen and oxygen atoms in total. The molecule has 2 aromatic rings. The van der Waals surface area contributed by atoms with Crippen molar-refractivity contribution in [2.75, 3.05) is 18.4 Å². The van der Waals surface area contributed by atoms with Crippen LogP contribution in [0.3, 0.4) is 0 Å². The molecule has 0 unspecified atom stereocenters. The first kappa shape index (κ1) is 18.3. The van der Waals surface area contributed by atoms with Crippen molar-refractivity contribution in [1.82, 2.24) is 4.31 Å². The van der Waals surface area contributed by atoms with Gasteiger partial charge in [-0.3, -0.25) is 4.79 Å². The first-order chi connectivity index (χ1) is 12.0. The summed E-state index contributed by atoms with van der Waals surface area (Å²) in [6, 6.07) is 15.9. The molecule has 1 aliphatic heterocycles. The number of hydrogen-bond acceptors (Lipinski definition) is 3. The second-order valence-electron chi connectivity index (χ2n) is 6.01. The summed E-state index contributed by atoms with van der Waals surface area (Å²) in [6.07, 6.45) is 1.37. The molecule has 1 amide bonds. The summed E-state index contributed by atoms with van der Waals surface area (Å²) in [5.41, 5.74) is 0.730. The minimum absolute atomic E-state index is 0.130. The molecular weight excluding hydrogens is 451 g/mol. The van der Waals surface area contributed by atoms with Crippen LogP contribution in [0.25, 0.3) is 0 Å². The van der Waals surface area contributed by atoms with E-state index in [-0.39, 0.29) is 23.3 Å². The fourth-order valence-electron chi connectivity index (χ4n) is 2.89. The van der Waals surface area contributed by atoms with Crippen LogP contribution in [0.15, 0.2) is 59.5 Å². The maximum Gasteiger partial charge on any atom is 0.243 e. The van der Waals surface area contributed by atoms with E-state index in [0.717, 1.165) is 9.26 Å². The Kier molecular flexibility index (Phi) is 5.75. The van der Waals surface area contributed by atoms with E-state index in [1.54, 1.807) is 30.3 Å². The second-order valence-corrected chi connectivity index (χ2v) is 9.19. The van der Waals surface area contributed by atoms with Crippen molar-refractivity contribution in [2.24, 2.45) is 5.92 Å². The first-order valence-electron chi connectivity index (χ1n) is 8.08. The Balaban J connectivity index is 1.70. The molecule has 0 bridgehead atoms. The molecule has 1 saturated heterocycles. The molecule has 1 aliphatic rings. The van der Waals surface area contributed by atoms with Gasteiger partial charge in [-0.2, -0.15) is 4.31 Å². The van der Waals surface area contributed by atoms with E-state index in [0.29, 0.717) is 19.4 Å². The number of halogens is 1. The molecule has 0 saturated carbocycles. The van der Waals surface area contributed by atoms with Crippen LogP contribution in [0.4, 0.5) is 5.69 Å². The highest BCUT2D eigenvalue weighted by molar-refractivity contribution is 14.1. The lowest BCUT2D eigenvalue weighted by atomic mass is 9.99. The Morgan fingerprint density at radius 2 is 1.76 bits per heavy atom. The van der Waals surface area contributed by atoms with Crippen LogP contribution in [-0.2, 0) is 14.8 Å². The van der Waals surface area contributed by atoms with Crippen LogP contribution in [-0.4, -0.2) is 31.7 Å². The van der Waals surface area contributed by atoms with E-state index >= 15 is 0 Å². The van der Waals surface area contributed by atoms with Gasteiger partial charge >= 0.3 is 0 Å². The third-order valence-electron chi connectivity index (χ3n) is 4.25. The van der Waals surface area contributed by atoms with Gasteiger partial charge in [-0.1, -0.05) is 18.2 Å². The van der Waals surface area contributed by atoms with Crippen LogP contribution >= 0.6 is 22.6 Å². The van der Waals surface area contributed by atoms with Crippen molar-refractivity contribution in [3.05, 3.63) is 58.2 Å². The highest BCUT2D eigenvalue weighted by Gasteiger charge is 2.33. The first-order valence-corrected chi connectivity index (χ1v) is 10.6. The number of carbonyl (C=O) groups is 1. The number of carbonyl (C=O) groups excluding carboxylic acids is 1. The number of nitrogens with one attached hydrogen (secondary N) is 1. The van der Waals surface area contributed by atoms with Crippen molar-refractivity contribution < 1.29 is 13.2 Å². The summed E-state index contributed by atoms with van der Waals surface area (Å²) in [5, 5.41) is 2.89. The summed E-state index contributed by atoms with van der Waals surface area (Å²) >= 11 is 2.20. The molecular formula is C18H19IN2O3S. The normalized spacial score (nSPS) is 18.7. The number of rotatable bonds is 4. The van der Waals surface area contributed by atoms with Crippen molar-refractivity contribution >= 4 is 44.2 Å². The Morgan fingerprint density at radius 3 is 2.44 bits per heavy atom. The summed E-state index contributed by atoms with van der Waals surface area (Å²) in [6.45, 7) is 0.665. The average molecular weight is 470 g/mol. The van der Waals surface area contributed by atoms with Crippen LogP contribution in [0, 0.1) is 9.49 Å². The van der Waals surface area contributed by atoms with Crippen LogP contribution in [0.2, 0.25) is 0 Å². The molecule has 2 aromatic carbocycles. The van der Waals surface area contributed by atoms with E-state index in [4.69, 9.17) is 0 Å². The number of benzene rings is 2. The molecule has 0 aliphatic carbocycles. The van der Waals surface area contributed by atoms with Crippen molar-refractivity contribution in [1.29, 1.82) is 0 Å². The van der Waals surface area contributed by atoms with E-state index in [2.05, 4.69) is 27.9 Å². The Labute approximate surface area is 161 Å². The summed E-state index contributed by atoms with van der Waals surface area (Å²) in [7, 11) is -3.55. The number of sulfonamides is 1. The summed E-state index contributed by atoms with van der Waals surface area (Å²) < 4.78 is 28.0. The summed E-state index contributed by atoms with van der Waals surface area (Å²) in [4.78, 5) is 12.8. The summed E-state index contributed by atoms with van der Waals surface area (Å²) in [5.74, 6) is -0.472. The Hall–Kier alpha value is -1.45. The predicted octanol–water partition coefficient (Wildman–Crippen LogP) is 3.33. The maximum atomic E-state index is 12.7. The Morgan fingerprint density at radius 1 is 1.08 bits per heavy atom. The van der Waals surface area contributed by atoms with Gasteiger partial charge in [0.1, 0.15) is 0 Å². The Bertz CT molecular complexity index is 838. The average Bonchev–Trinajstić information content (AvgIpc) is 2.64. The minimum Gasteiger partial charge on any atom is -0.326 e. The van der Waals surface area contributed by atoms with Crippen LogP contribution in [0.1, 0.15) is 12.8 Å². The zero-order valence-corrected chi connectivity index (χ0v) is 16.5. The number of amides is 1. The fraction of sp³-hybridized carbons (Fsp3) is 0.278. The van der Waals surface area contributed by atoms with Gasteiger partial charge in [0.05, 0.1) is 10.8 Å². The number of anilines is 1. The fourth-order valence-corrected chi connectivity index (χ4v) is 4.80. The monoisotopic (exact) mass is 470 g/mol. The van der Waals surface area contributed by atoms with Gasteiger partial charge in [0, 0.05) is 22.3 Å². The zero-order chi connectivity index (χ0) is 17.9. The lowest BCUT2D eigenvalue weighted by molar-refractivity contribution is -0.120. The maximum absolute atomic E-state index is 12.7. The van der Waals surface area contributed by atoms with E-state index < -0.39 is 10.0 Å². The molecule has 1 fully saturated rings. The van der Waals surface area contributed by atoms with Gasteiger partial charge < -0.3 is 5.32 Å². The molecule has 132 valence electrons. The number of hydrogen-bond donors (Lipinski definition) is 1. The van der Waals surface area contributed by atoms with Gasteiger partial charge in [0.2, 0.25) is 15.9 Å². The molecule has 1 atom stereocenters. The second kappa shape index (κ2) is 7.84. The van der Waals surface area contributed by atoms with Gasteiger partial charge in [0.25, 0.3) is 0 Å². The lowest BCUT2D eigenvalue weighted by Crippen LogP contribution is -2.43. The third-order valence-corrected chi connectivity index (χ3v) is 6.85. The van der Waals surface area contributed by atoms with Crippen molar-refractivity contribution in [3.8, 4) is 0 Å². The molecule has 0 aromatic heterocycles. The van der Waals surface area contributed by atoms with Gasteiger partial charge in [-0.15, -0.1) is 0 Å². The lowest BCUT2D eigenvalue weighted by Gasteiger charge is -2.31. The van der Waals surface area contributed by atoms with E-state index in [1.807, 2.05) is 24.3 Å². The third kappa shape index (κ3) is 4.39. The topological polar surface area (TPSA) is 66.5 Å². The number of nitrogens with zero attached hydrogens (tertiary/aromatic N) is 1. The van der Waals surface area contributed by atoms with E-state index in [9.17, 15) is 13.2 Å². The van der Waals surface area contributed by atoms with Crippen LogP contribution in [0.5, 0.6) is 0 Å². The molecule has 25 heavy (non-hydrogen) atoms. The van der Waals surface area contributed by atoms with Gasteiger partial charge in [-0.25, -0.2) is 8.42 Å². The van der Waals surface area contributed by atoms with Gasteiger partial charge in [0.15, 0.2) is 0 Å². The quantitative estimate of drug-likeness (QED) is 0.698. The van der Waals surface area contributed by atoms with Crippen molar-refractivity contribution in [2.45, 2.75) is 17.7 Å². The highest BCUT2D eigenvalue weighted by atomic mass is 127. The van der Waals surface area contributed by atoms with E-state index in [1.165, 1.54) is 4.31 Å². The predicted molar refractivity (Wildman–Crippen MR) is 106 cm³/mol. The molecule has 7 heteroatoms. The molecule has 0 radical (unpaired) electrons. The number of piperidine rings is 1. The van der Waals surface area contributed by atoms with Crippen molar-refractivity contribution in [3.63, 3.8) is 0 Å². The highest BCUT2D eigenvalue weighted by Crippen LogP contribution is 2.24. The minimum atomic E-state index is -3.55. The molecule has 1 N–H and O–H groups in total. The largest absolute Gasteiger partial charge is 0.326 e. The molecule has 0 spiro atoms. The molecule has 1 heterocycles. The molecule has 3 rings (SSSR count). The SMILES string of the molecule is O=C(Nc1ccc(I)cc1)[C@H]1CCCN(S(=O)(=O)c2ccccc2)C1. The zero-order valence-electron chi connectivity index (χ0n) is 13.6. The standard InChI is InChI=1S/C18H19IN2O3S/c19-15-8-10-16(11-9-15)20-18(22)14-5-4-12-21(13-14)25(23,24)17-6-2-1-3-7-17/h1-3,6-11,14H,4-5,12-13H2,(H,20,22)/t14-/m0/s1. The van der Waals surface area contributed by atoms with Crippen LogP contribution < -0.4 is 5.32 Å².